The molecule has 0 saturated heterocycles. The van der Waals surface area contributed by atoms with Crippen LogP contribution in [0.1, 0.15) is 27.8 Å². The largest absolute Gasteiger partial charge is 0.371 e. The predicted molar refractivity (Wildman–Crippen MR) is 103 cm³/mol. The summed E-state index contributed by atoms with van der Waals surface area (Å²) in [6.07, 6.45) is 2.82. The van der Waals surface area contributed by atoms with Crippen molar-refractivity contribution in [3.63, 3.8) is 0 Å². The first-order valence-electron chi connectivity index (χ1n) is 8.09. The molecule has 0 fully saturated rings. The zero-order chi connectivity index (χ0) is 17.0. The van der Waals surface area contributed by atoms with E-state index < -0.39 is 0 Å². The Hall–Kier alpha value is -2.28. The molecule has 2 rings (SSSR count). The smallest absolute Gasteiger partial charge is 0.0396 e. The molecule has 0 N–H and O–H groups in total. The molecule has 0 unspecified atom stereocenters. The number of allylic oxidation sites excluding steroid dienone is 1. The average Bonchev–Trinajstić information content (AvgIpc) is 2.50. The van der Waals surface area contributed by atoms with Crippen molar-refractivity contribution in [2.24, 2.45) is 0 Å². The second-order valence-electron chi connectivity index (χ2n) is 6.38. The Balaban J connectivity index is 2.19. The van der Waals surface area contributed by atoms with E-state index in [2.05, 4.69) is 82.3 Å². The first kappa shape index (κ1) is 17.1. The molecule has 0 atom stereocenters. The van der Waals surface area contributed by atoms with E-state index in [9.17, 15) is 0 Å². The lowest BCUT2D eigenvalue weighted by atomic mass is 9.94. The molecule has 0 bridgehead atoms. The fourth-order valence-corrected chi connectivity index (χ4v) is 2.97. The van der Waals surface area contributed by atoms with Crippen LogP contribution in [0.15, 0.2) is 55.6 Å². The molecule has 1 heteroatoms. The lowest BCUT2D eigenvalue weighted by Crippen LogP contribution is -2.17. The van der Waals surface area contributed by atoms with Crippen molar-refractivity contribution in [1.29, 1.82) is 0 Å². The Morgan fingerprint density at radius 2 is 1.78 bits per heavy atom. The van der Waals surface area contributed by atoms with E-state index in [-0.39, 0.29) is 0 Å². The van der Waals surface area contributed by atoms with Crippen LogP contribution >= 0.6 is 0 Å². The minimum absolute atomic E-state index is 0.851. The number of aryl methyl sites for hydroxylation is 3. The lowest BCUT2D eigenvalue weighted by Gasteiger charge is -2.20. The molecule has 0 aliphatic carbocycles. The molecule has 2 aromatic carbocycles. The molecule has 0 spiro atoms. The van der Waals surface area contributed by atoms with Crippen LogP contribution < -0.4 is 4.90 Å². The number of likely N-dealkylation sites (N-methyl/N-ethyl adjacent to an activating group) is 1. The van der Waals surface area contributed by atoms with Gasteiger partial charge >= 0.3 is 0 Å². The van der Waals surface area contributed by atoms with Gasteiger partial charge in [-0.1, -0.05) is 42.5 Å². The van der Waals surface area contributed by atoms with Gasteiger partial charge in [0, 0.05) is 19.3 Å². The number of rotatable bonds is 6. The van der Waals surface area contributed by atoms with Gasteiger partial charge in [0.15, 0.2) is 0 Å². The maximum atomic E-state index is 4.31. The van der Waals surface area contributed by atoms with E-state index in [1.165, 1.54) is 33.5 Å². The van der Waals surface area contributed by atoms with Crippen molar-refractivity contribution >= 4 is 11.3 Å². The molecule has 0 aromatic heterocycles. The van der Waals surface area contributed by atoms with E-state index in [1.54, 1.807) is 0 Å². The van der Waals surface area contributed by atoms with Crippen molar-refractivity contribution in [3.05, 3.63) is 83.4 Å². The second-order valence-corrected chi connectivity index (χ2v) is 6.38. The number of nitrogens with zero attached hydrogens (tertiary/aromatic N) is 1. The third kappa shape index (κ3) is 4.13. The first-order valence-corrected chi connectivity index (χ1v) is 8.09. The molecular formula is C22H27N. The zero-order valence-electron chi connectivity index (χ0n) is 14.8. The predicted octanol–water partition coefficient (Wildman–Crippen LogP) is 5.49. The van der Waals surface area contributed by atoms with Crippen LogP contribution in [0.25, 0.3) is 5.57 Å². The summed E-state index contributed by atoms with van der Waals surface area (Å²) in [6, 6.07) is 13.2. The minimum Gasteiger partial charge on any atom is -0.371 e. The number of hydrogen-bond donors (Lipinski definition) is 0. The molecular weight excluding hydrogens is 278 g/mol. The van der Waals surface area contributed by atoms with E-state index in [0.717, 1.165) is 18.5 Å². The third-order valence-corrected chi connectivity index (χ3v) is 4.32. The summed E-state index contributed by atoms with van der Waals surface area (Å²) in [5.41, 5.74) is 8.90. The van der Waals surface area contributed by atoms with Crippen LogP contribution in [0, 0.1) is 20.8 Å². The number of benzene rings is 2. The molecule has 0 heterocycles. The van der Waals surface area contributed by atoms with Gasteiger partial charge in [-0.05, 0) is 67.2 Å². The Morgan fingerprint density at radius 3 is 2.39 bits per heavy atom. The van der Waals surface area contributed by atoms with E-state index in [1.807, 2.05) is 6.08 Å². The van der Waals surface area contributed by atoms with Gasteiger partial charge in [0.05, 0.1) is 0 Å². The van der Waals surface area contributed by atoms with Gasteiger partial charge in [0.2, 0.25) is 0 Å². The minimum atomic E-state index is 0.851. The molecule has 0 aliphatic heterocycles. The average molecular weight is 305 g/mol. The fourth-order valence-electron chi connectivity index (χ4n) is 2.97. The quantitative estimate of drug-likeness (QED) is 0.638. The molecule has 120 valence electrons. The van der Waals surface area contributed by atoms with E-state index in [4.69, 9.17) is 0 Å². The summed E-state index contributed by atoms with van der Waals surface area (Å²) >= 11 is 0. The van der Waals surface area contributed by atoms with Crippen molar-refractivity contribution in [3.8, 4) is 0 Å². The van der Waals surface area contributed by atoms with Gasteiger partial charge in [-0.2, -0.15) is 0 Å². The van der Waals surface area contributed by atoms with E-state index in [0.29, 0.717) is 0 Å². The second kappa shape index (κ2) is 7.32. The topological polar surface area (TPSA) is 3.24 Å². The van der Waals surface area contributed by atoms with Gasteiger partial charge in [-0.25, -0.2) is 0 Å². The van der Waals surface area contributed by atoms with Crippen LogP contribution in [-0.2, 0) is 6.42 Å². The summed E-state index contributed by atoms with van der Waals surface area (Å²) in [5.74, 6) is 0. The van der Waals surface area contributed by atoms with Gasteiger partial charge in [-0.15, -0.1) is 6.58 Å². The van der Waals surface area contributed by atoms with Crippen molar-refractivity contribution in [2.75, 3.05) is 18.5 Å². The maximum Gasteiger partial charge on any atom is 0.0396 e. The molecule has 0 amide bonds. The highest BCUT2D eigenvalue weighted by Gasteiger charge is 2.08. The third-order valence-electron chi connectivity index (χ3n) is 4.32. The summed E-state index contributed by atoms with van der Waals surface area (Å²) in [7, 11) is 2.09. The van der Waals surface area contributed by atoms with Gasteiger partial charge in [0.25, 0.3) is 0 Å². The SMILES string of the molecule is C=CCN(C)c1ccc(C(=C)Cc2ccc(C)cc2C)cc1C. The standard InChI is InChI=1S/C22H27N/c1-7-12-23(6)22-11-10-21(15-19(22)5)18(4)14-20-9-8-16(2)13-17(20)3/h7-11,13,15H,1,4,12,14H2,2-3,5-6H3. The molecule has 1 nitrogen and oxygen atoms in total. The summed E-state index contributed by atoms with van der Waals surface area (Å²) < 4.78 is 0. The highest BCUT2D eigenvalue weighted by atomic mass is 15.1. The monoisotopic (exact) mass is 305 g/mol. The lowest BCUT2D eigenvalue weighted by molar-refractivity contribution is 1.02. The van der Waals surface area contributed by atoms with Crippen molar-refractivity contribution in [1.82, 2.24) is 0 Å². The summed E-state index contributed by atoms with van der Waals surface area (Å²) in [4.78, 5) is 2.21. The number of hydrogen-bond acceptors (Lipinski definition) is 1. The Labute approximate surface area is 141 Å². The van der Waals surface area contributed by atoms with Crippen LogP contribution in [0.2, 0.25) is 0 Å². The molecule has 0 aliphatic rings. The van der Waals surface area contributed by atoms with Crippen LogP contribution in [-0.4, -0.2) is 13.6 Å². The van der Waals surface area contributed by atoms with Crippen molar-refractivity contribution in [2.45, 2.75) is 27.2 Å². The van der Waals surface area contributed by atoms with Gasteiger partial charge in [0.1, 0.15) is 0 Å². The summed E-state index contributed by atoms with van der Waals surface area (Å²) in [6.45, 7) is 15.4. The van der Waals surface area contributed by atoms with Gasteiger partial charge < -0.3 is 4.90 Å². The van der Waals surface area contributed by atoms with Crippen molar-refractivity contribution < 1.29 is 0 Å². The van der Waals surface area contributed by atoms with Gasteiger partial charge in [-0.3, -0.25) is 0 Å². The molecule has 0 radical (unpaired) electrons. The van der Waals surface area contributed by atoms with Crippen LogP contribution in [0.4, 0.5) is 5.69 Å². The van der Waals surface area contributed by atoms with Crippen LogP contribution in [0.3, 0.4) is 0 Å². The maximum absolute atomic E-state index is 4.31. The van der Waals surface area contributed by atoms with E-state index >= 15 is 0 Å². The molecule has 23 heavy (non-hydrogen) atoms. The normalized spacial score (nSPS) is 10.4. The highest BCUT2D eigenvalue weighted by molar-refractivity contribution is 5.69. The highest BCUT2D eigenvalue weighted by Crippen LogP contribution is 2.26. The Bertz CT molecular complexity index is 725. The Kier molecular flexibility index (Phi) is 5.44. The fraction of sp³-hybridized carbons (Fsp3) is 0.273. The summed E-state index contributed by atoms with van der Waals surface area (Å²) in [5, 5.41) is 0. The Morgan fingerprint density at radius 1 is 1.04 bits per heavy atom. The number of anilines is 1. The van der Waals surface area contributed by atoms with Crippen LogP contribution in [0.5, 0.6) is 0 Å². The molecule has 2 aromatic rings. The first-order chi connectivity index (χ1) is 10.9. The zero-order valence-corrected chi connectivity index (χ0v) is 14.8. The molecule has 0 saturated carbocycles.